The summed E-state index contributed by atoms with van der Waals surface area (Å²) >= 11 is 0. The number of methoxy groups -OCH3 is 2. The molecule has 4 rings (SSSR count). The number of hydrogen-bond acceptors (Lipinski definition) is 7. The molecule has 0 spiro atoms. The number of aromatic nitrogens is 2. The van der Waals surface area contributed by atoms with Crippen LogP contribution < -0.4 is 24.7 Å². The Morgan fingerprint density at radius 1 is 0.808 bits per heavy atom. The molecule has 0 aliphatic carbocycles. The van der Waals surface area contributed by atoms with Crippen LogP contribution in [0.15, 0.2) is 42.5 Å². The minimum atomic E-state index is 0.185. The van der Waals surface area contributed by atoms with Crippen molar-refractivity contribution in [2.45, 2.75) is 0 Å². The third kappa shape index (κ3) is 2.83. The SMILES string of the molecule is COc1ccc(-c2cc(-c3ccc4c(c3)OCO4)nc(N)n2)cc1OC. The van der Waals surface area contributed by atoms with Gasteiger partial charge in [0.25, 0.3) is 0 Å². The van der Waals surface area contributed by atoms with Gasteiger partial charge in [0.2, 0.25) is 12.7 Å². The van der Waals surface area contributed by atoms with Crippen molar-refractivity contribution in [1.29, 1.82) is 0 Å². The summed E-state index contributed by atoms with van der Waals surface area (Å²) in [5, 5.41) is 0. The molecule has 132 valence electrons. The number of nitrogens with two attached hydrogens (primary N) is 1. The van der Waals surface area contributed by atoms with Crippen LogP contribution >= 0.6 is 0 Å². The van der Waals surface area contributed by atoms with E-state index in [1.807, 2.05) is 42.5 Å². The van der Waals surface area contributed by atoms with Crippen LogP contribution in [0, 0.1) is 0 Å². The Labute approximate surface area is 150 Å². The molecule has 7 heteroatoms. The maximum absolute atomic E-state index is 5.94. The summed E-state index contributed by atoms with van der Waals surface area (Å²) in [5.41, 5.74) is 9.03. The second-order valence-electron chi connectivity index (χ2n) is 5.63. The normalized spacial score (nSPS) is 12.1. The van der Waals surface area contributed by atoms with Gasteiger partial charge in [-0.2, -0.15) is 0 Å². The van der Waals surface area contributed by atoms with E-state index < -0.39 is 0 Å². The lowest BCUT2D eigenvalue weighted by Gasteiger charge is -2.11. The highest BCUT2D eigenvalue weighted by Crippen LogP contribution is 2.37. The van der Waals surface area contributed by atoms with Gasteiger partial charge in [-0.15, -0.1) is 0 Å². The summed E-state index contributed by atoms with van der Waals surface area (Å²) in [4.78, 5) is 8.69. The smallest absolute Gasteiger partial charge is 0.231 e. The van der Waals surface area contributed by atoms with E-state index in [1.54, 1.807) is 14.2 Å². The van der Waals surface area contributed by atoms with Gasteiger partial charge < -0.3 is 24.7 Å². The lowest BCUT2D eigenvalue weighted by atomic mass is 10.1. The van der Waals surface area contributed by atoms with Crippen LogP contribution in [0.3, 0.4) is 0 Å². The minimum Gasteiger partial charge on any atom is -0.493 e. The van der Waals surface area contributed by atoms with Gasteiger partial charge in [0.15, 0.2) is 23.0 Å². The van der Waals surface area contributed by atoms with E-state index in [0.717, 1.165) is 16.9 Å². The van der Waals surface area contributed by atoms with Crippen LogP contribution in [-0.4, -0.2) is 31.0 Å². The topological polar surface area (TPSA) is 88.7 Å². The lowest BCUT2D eigenvalue weighted by molar-refractivity contribution is 0.174. The average molecular weight is 351 g/mol. The molecule has 1 aliphatic rings. The molecule has 1 aliphatic heterocycles. The molecule has 0 amide bonds. The van der Waals surface area contributed by atoms with E-state index in [4.69, 9.17) is 24.7 Å². The van der Waals surface area contributed by atoms with Gasteiger partial charge in [0, 0.05) is 11.1 Å². The van der Waals surface area contributed by atoms with Gasteiger partial charge in [0.1, 0.15) is 0 Å². The predicted molar refractivity (Wildman–Crippen MR) is 96.5 cm³/mol. The molecule has 0 fully saturated rings. The fraction of sp³-hybridized carbons (Fsp3) is 0.158. The van der Waals surface area contributed by atoms with Crippen molar-refractivity contribution in [1.82, 2.24) is 9.97 Å². The third-order valence-electron chi connectivity index (χ3n) is 4.09. The number of anilines is 1. The fourth-order valence-corrected chi connectivity index (χ4v) is 2.81. The van der Waals surface area contributed by atoms with Crippen molar-refractivity contribution in [3.05, 3.63) is 42.5 Å². The largest absolute Gasteiger partial charge is 0.493 e. The van der Waals surface area contributed by atoms with E-state index in [0.29, 0.717) is 28.6 Å². The quantitative estimate of drug-likeness (QED) is 0.772. The molecule has 0 atom stereocenters. The first-order chi connectivity index (χ1) is 12.7. The summed E-state index contributed by atoms with van der Waals surface area (Å²) < 4.78 is 21.4. The molecule has 7 nitrogen and oxygen atoms in total. The molecular weight excluding hydrogens is 334 g/mol. The first-order valence-corrected chi connectivity index (χ1v) is 7.95. The number of nitrogen functional groups attached to an aromatic ring is 1. The monoisotopic (exact) mass is 351 g/mol. The average Bonchev–Trinajstić information content (AvgIpc) is 3.14. The highest BCUT2D eigenvalue weighted by Gasteiger charge is 2.16. The maximum Gasteiger partial charge on any atom is 0.231 e. The van der Waals surface area contributed by atoms with Crippen LogP contribution in [0.1, 0.15) is 0 Å². The van der Waals surface area contributed by atoms with Crippen molar-refractivity contribution >= 4 is 5.95 Å². The Balaban J connectivity index is 1.77. The molecule has 0 bridgehead atoms. The van der Waals surface area contributed by atoms with E-state index in [1.165, 1.54) is 0 Å². The van der Waals surface area contributed by atoms with Crippen LogP contribution in [0.25, 0.3) is 22.5 Å². The van der Waals surface area contributed by atoms with Crippen LogP contribution in [0.2, 0.25) is 0 Å². The summed E-state index contributed by atoms with van der Waals surface area (Å²) in [6, 6.07) is 13.1. The Bertz CT molecular complexity index is 975. The van der Waals surface area contributed by atoms with Crippen LogP contribution in [-0.2, 0) is 0 Å². The molecule has 2 heterocycles. The molecule has 0 saturated carbocycles. The van der Waals surface area contributed by atoms with Crippen LogP contribution in [0.5, 0.6) is 23.0 Å². The van der Waals surface area contributed by atoms with Gasteiger partial charge in [-0.3, -0.25) is 0 Å². The molecule has 3 aromatic rings. The summed E-state index contributed by atoms with van der Waals surface area (Å²) in [5.74, 6) is 2.86. The molecular formula is C19H17N3O4. The molecule has 2 aromatic carbocycles. The van der Waals surface area contributed by atoms with E-state index in [9.17, 15) is 0 Å². The number of benzene rings is 2. The van der Waals surface area contributed by atoms with E-state index in [-0.39, 0.29) is 12.7 Å². The van der Waals surface area contributed by atoms with Crippen LogP contribution in [0.4, 0.5) is 5.95 Å². The molecule has 2 N–H and O–H groups in total. The first-order valence-electron chi connectivity index (χ1n) is 7.95. The number of rotatable bonds is 4. The molecule has 0 radical (unpaired) electrons. The highest BCUT2D eigenvalue weighted by molar-refractivity contribution is 5.72. The highest BCUT2D eigenvalue weighted by atomic mass is 16.7. The standard InChI is InChI=1S/C19H17N3O4/c1-23-15-5-3-11(7-17(15)24-2)13-9-14(22-19(20)21-13)12-4-6-16-18(8-12)26-10-25-16/h3-9H,10H2,1-2H3,(H2,20,21,22). The van der Waals surface area contributed by atoms with Gasteiger partial charge in [-0.1, -0.05) is 0 Å². The fourth-order valence-electron chi connectivity index (χ4n) is 2.81. The van der Waals surface area contributed by atoms with Crippen molar-refractivity contribution < 1.29 is 18.9 Å². The summed E-state index contributed by atoms with van der Waals surface area (Å²) in [6.07, 6.45) is 0. The minimum absolute atomic E-state index is 0.185. The Morgan fingerprint density at radius 3 is 2.19 bits per heavy atom. The molecule has 1 aromatic heterocycles. The molecule has 0 unspecified atom stereocenters. The Kier molecular flexibility index (Phi) is 3.96. The number of hydrogen-bond donors (Lipinski definition) is 1. The number of nitrogens with zero attached hydrogens (tertiary/aromatic N) is 2. The van der Waals surface area contributed by atoms with E-state index >= 15 is 0 Å². The zero-order valence-electron chi connectivity index (χ0n) is 14.4. The van der Waals surface area contributed by atoms with Crippen molar-refractivity contribution in [2.75, 3.05) is 26.7 Å². The summed E-state index contributed by atoms with van der Waals surface area (Å²) in [7, 11) is 3.19. The van der Waals surface area contributed by atoms with Gasteiger partial charge in [-0.05, 0) is 42.5 Å². The Morgan fingerprint density at radius 2 is 1.46 bits per heavy atom. The van der Waals surface area contributed by atoms with E-state index in [2.05, 4.69) is 9.97 Å². The van der Waals surface area contributed by atoms with Gasteiger partial charge in [0.05, 0.1) is 25.6 Å². The number of fused-ring (bicyclic) bond motifs is 1. The lowest BCUT2D eigenvalue weighted by Crippen LogP contribution is -1.99. The van der Waals surface area contributed by atoms with Gasteiger partial charge in [-0.25, -0.2) is 9.97 Å². The second kappa shape index (κ2) is 6.44. The maximum atomic E-state index is 5.94. The number of ether oxygens (including phenoxy) is 4. The predicted octanol–water partition coefficient (Wildman–Crippen LogP) is 3.14. The summed E-state index contributed by atoms with van der Waals surface area (Å²) in [6.45, 7) is 0.224. The third-order valence-corrected chi connectivity index (χ3v) is 4.09. The van der Waals surface area contributed by atoms with Crippen molar-refractivity contribution in [2.24, 2.45) is 0 Å². The Hall–Kier alpha value is -3.48. The second-order valence-corrected chi connectivity index (χ2v) is 5.63. The zero-order valence-corrected chi connectivity index (χ0v) is 14.4. The van der Waals surface area contributed by atoms with Crippen molar-refractivity contribution in [3.63, 3.8) is 0 Å². The van der Waals surface area contributed by atoms with Gasteiger partial charge >= 0.3 is 0 Å². The molecule has 26 heavy (non-hydrogen) atoms. The molecule has 0 saturated heterocycles. The van der Waals surface area contributed by atoms with Crippen molar-refractivity contribution in [3.8, 4) is 45.5 Å². The zero-order chi connectivity index (χ0) is 18.1. The first kappa shape index (κ1) is 16.0.